The number of urea groups is 1. The van der Waals surface area contributed by atoms with Crippen LogP contribution in [0.3, 0.4) is 0 Å². The fourth-order valence-corrected chi connectivity index (χ4v) is 4.07. The second-order valence-electron chi connectivity index (χ2n) is 7.05. The van der Waals surface area contributed by atoms with E-state index in [1.54, 1.807) is 48.5 Å². The van der Waals surface area contributed by atoms with E-state index in [0.717, 1.165) is 26.0 Å². The van der Waals surface area contributed by atoms with Gasteiger partial charge in [0.15, 0.2) is 5.72 Å². The Hall–Kier alpha value is -2.36. The molecule has 1 saturated heterocycles. The quantitative estimate of drug-likeness (QED) is 0.400. The number of hydrogen-bond donors (Lipinski definition) is 1. The molecule has 3 aromatic rings. The minimum absolute atomic E-state index is 0.0294. The zero-order valence-electron chi connectivity index (χ0n) is 15.8. The average molecular weight is 556 g/mol. The Morgan fingerprint density at radius 1 is 0.871 bits per heavy atom. The van der Waals surface area contributed by atoms with Gasteiger partial charge in [-0.2, -0.15) is 13.2 Å². The standard InChI is InChI=1S/C22H15Br2F3N2O2/c23-16-4-8-18(9-5-16)28-13-21(31,14-2-1-3-15(12-14)22(25,26)27)29(20(28)30)19-10-6-17(24)7-11-19/h1-12,31H,13H2. The van der Waals surface area contributed by atoms with Crippen molar-refractivity contribution in [2.24, 2.45) is 0 Å². The number of amides is 2. The smallest absolute Gasteiger partial charge is 0.365 e. The predicted octanol–water partition coefficient (Wildman–Crippen LogP) is 6.52. The highest BCUT2D eigenvalue weighted by Gasteiger charge is 2.51. The van der Waals surface area contributed by atoms with Crippen LogP contribution in [0.4, 0.5) is 29.3 Å². The summed E-state index contributed by atoms with van der Waals surface area (Å²) in [6.07, 6.45) is -4.58. The highest BCUT2D eigenvalue weighted by atomic mass is 79.9. The number of benzene rings is 3. The number of β-amino-alcohol motifs (C(OH)–C–C–N with tert-alkyl or cyclic N) is 1. The minimum Gasteiger partial charge on any atom is -0.365 e. The van der Waals surface area contributed by atoms with Gasteiger partial charge in [0, 0.05) is 25.9 Å². The van der Waals surface area contributed by atoms with Gasteiger partial charge in [-0.1, -0.05) is 44.0 Å². The molecule has 4 rings (SSSR count). The number of anilines is 2. The van der Waals surface area contributed by atoms with Crippen molar-refractivity contribution in [2.45, 2.75) is 11.9 Å². The lowest BCUT2D eigenvalue weighted by Crippen LogP contribution is -2.45. The molecule has 2 amide bonds. The van der Waals surface area contributed by atoms with Crippen LogP contribution in [0, 0.1) is 0 Å². The Balaban J connectivity index is 1.85. The number of nitrogens with zero attached hydrogens (tertiary/aromatic N) is 2. The molecule has 3 aromatic carbocycles. The maximum Gasteiger partial charge on any atom is 0.416 e. The van der Waals surface area contributed by atoms with Crippen LogP contribution in [0.5, 0.6) is 0 Å². The van der Waals surface area contributed by atoms with Crippen molar-refractivity contribution >= 4 is 49.3 Å². The number of aliphatic hydroxyl groups is 1. The van der Waals surface area contributed by atoms with Crippen LogP contribution >= 0.6 is 31.9 Å². The zero-order valence-corrected chi connectivity index (χ0v) is 18.9. The third kappa shape index (κ3) is 4.09. The molecule has 0 radical (unpaired) electrons. The van der Waals surface area contributed by atoms with Gasteiger partial charge in [0.2, 0.25) is 0 Å². The first kappa shape index (κ1) is 21.9. The van der Waals surface area contributed by atoms with Gasteiger partial charge in [0.1, 0.15) is 0 Å². The molecule has 0 spiro atoms. The summed E-state index contributed by atoms with van der Waals surface area (Å²) in [5, 5.41) is 11.7. The molecule has 160 valence electrons. The van der Waals surface area contributed by atoms with Crippen LogP contribution in [-0.4, -0.2) is 17.7 Å². The first-order chi connectivity index (χ1) is 14.6. The summed E-state index contributed by atoms with van der Waals surface area (Å²) in [7, 11) is 0. The predicted molar refractivity (Wildman–Crippen MR) is 119 cm³/mol. The molecule has 0 saturated carbocycles. The van der Waals surface area contributed by atoms with Gasteiger partial charge >= 0.3 is 12.2 Å². The van der Waals surface area contributed by atoms with Crippen molar-refractivity contribution in [2.75, 3.05) is 16.3 Å². The van der Waals surface area contributed by atoms with Crippen molar-refractivity contribution in [3.63, 3.8) is 0 Å². The van der Waals surface area contributed by atoms with E-state index in [1.165, 1.54) is 17.0 Å². The summed E-state index contributed by atoms with van der Waals surface area (Å²) in [6.45, 7) is -0.245. The van der Waals surface area contributed by atoms with Crippen LogP contribution in [-0.2, 0) is 11.9 Å². The summed E-state index contributed by atoms with van der Waals surface area (Å²) in [6, 6.07) is 17.4. The lowest BCUT2D eigenvalue weighted by Gasteiger charge is -2.32. The maximum absolute atomic E-state index is 13.4. The molecule has 1 aliphatic rings. The van der Waals surface area contributed by atoms with Crippen molar-refractivity contribution in [1.29, 1.82) is 0 Å². The zero-order chi connectivity index (χ0) is 22.4. The lowest BCUT2D eigenvalue weighted by molar-refractivity contribution is -0.137. The normalized spacial score (nSPS) is 19.2. The molecule has 1 N–H and O–H groups in total. The van der Waals surface area contributed by atoms with Crippen LogP contribution < -0.4 is 9.80 Å². The van der Waals surface area contributed by atoms with Gasteiger partial charge in [-0.15, -0.1) is 0 Å². The molecule has 4 nitrogen and oxygen atoms in total. The van der Waals surface area contributed by atoms with E-state index in [9.17, 15) is 23.1 Å². The second kappa shape index (κ2) is 7.96. The number of carbonyl (C=O) groups excluding carboxylic acids is 1. The molecule has 1 unspecified atom stereocenters. The van der Waals surface area contributed by atoms with E-state index in [1.807, 2.05) is 0 Å². The molecule has 31 heavy (non-hydrogen) atoms. The van der Waals surface area contributed by atoms with Crippen molar-refractivity contribution in [1.82, 2.24) is 0 Å². The van der Waals surface area contributed by atoms with Crippen molar-refractivity contribution in [3.05, 3.63) is 92.9 Å². The third-order valence-corrected chi connectivity index (χ3v) is 6.10. The van der Waals surface area contributed by atoms with Crippen LogP contribution in [0.1, 0.15) is 11.1 Å². The number of hydrogen-bond acceptors (Lipinski definition) is 2. The van der Waals surface area contributed by atoms with Crippen molar-refractivity contribution < 1.29 is 23.1 Å². The monoisotopic (exact) mass is 554 g/mol. The Kier molecular flexibility index (Phi) is 5.61. The highest BCUT2D eigenvalue weighted by molar-refractivity contribution is 9.10. The number of carbonyl (C=O) groups is 1. The maximum atomic E-state index is 13.4. The molecule has 1 fully saturated rings. The fourth-order valence-electron chi connectivity index (χ4n) is 3.54. The first-order valence-electron chi connectivity index (χ1n) is 9.12. The molecule has 1 heterocycles. The fraction of sp³-hybridized carbons (Fsp3) is 0.136. The largest absolute Gasteiger partial charge is 0.416 e. The first-order valence-corrected chi connectivity index (χ1v) is 10.7. The van der Waals surface area contributed by atoms with Gasteiger partial charge < -0.3 is 5.11 Å². The molecule has 0 bridgehead atoms. The van der Waals surface area contributed by atoms with E-state index < -0.39 is 23.5 Å². The highest BCUT2D eigenvalue weighted by Crippen LogP contribution is 2.42. The van der Waals surface area contributed by atoms with E-state index in [-0.39, 0.29) is 12.1 Å². The van der Waals surface area contributed by atoms with Gasteiger partial charge in [-0.3, -0.25) is 9.80 Å². The molecule has 0 aliphatic carbocycles. The summed E-state index contributed by atoms with van der Waals surface area (Å²) in [5.41, 5.74) is -2.08. The van der Waals surface area contributed by atoms with Crippen molar-refractivity contribution in [3.8, 4) is 0 Å². The number of halogens is 5. The van der Waals surface area contributed by atoms with E-state index >= 15 is 0 Å². The Morgan fingerprint density at radius 3 is 1.97 bits per heavy atom. The van der Waals surface area contributed by atoms with Gasteiger partial charge in [0.25, 0.3) is 0 Å². The molecule has 1 atom stereocenters. The summed E-state index contributed by atoms with van der Waals surface area (Å²) < 4.78 is 41.5. The topological polar surface area (TPSA) is 43.8 Å². The summed E-state index contributed by atoms with van der Waals surface area (Å²) in [5.74, 6) is 0. The average Bonchev–Trinajstić information content (AvgIpc) is 3.01. The molecular formula is C22H15Br2F3N2O2. The molecular weight excluding hydrogens is 541 g/mol. The number of alkyl halides is 3. The molecule has 9 heteroatoms. The van der Waals surface area contributed by atoms with E-state index in [4.69, 9.17) is 0 Å². The van der Waals surface area contributed by atoms with Gasteiger partial charge in [-0.05, 0) is 60.7 Å². The van der Waals surface area contributed by atoms with Crippen LogP contribution in [0.2, 0.25) is 0 Å². The van der Waals surface area contributed by atoms with Gasteiger partial charge in [-0.25, -0.2) is 4.79 Å². The summed E-state index contributed by atoms with van der Waals surface area (Å²) in [4.78, 5) is 15.9. The summed E-state index contributed by atoms with van der Waals surface area (Å²) >= 11 is 6.66. The number of rotatable bonds is 3. The van der Waals surface area contributed by atoms with Gasteiger partial charge in [0.05, 0.1) is 12.1 Å². The molecule has 0 aromatic heterocycles. The van der Waals surface area contributed by atoms with Crippen LogP contribution in [0.15, 0.2) is 81.7 Å². The Bertz CT molecular complexity index is 1120. The van der Waals surface area contributed by atoms with E-state index in [2.05, 4.69) is 31.9 Å². The molecule has 1 aliphatic heterocycles. The van der Waals surface area contributed by atoms with E-state index in [0.29, 0.717) is 11.4 Å². The Labute approximate surface area is 193 Å². The lowest BCUT2D eigenvalue weighted by atomic mass is 9.98. The second-order valence-corrected chi connectivity index (χ2v) is 8.88. The van der Waals surface area contributed by atoms with Crippen LogP contribution in [0.25, 0.3) is 0 Å². The minimum atomic E-state index is -4.58. The third-order valence-electron chi connectivity index (χ3n) is 5.05. The SMILES string of the molecule is O=C1N(c2ccc(Br)cc2)CC(O)(c2cccc(C(F)(F)F)c2)N1c1ccc(Br)cc1. The Morgan fingerprint density at radius 2 is 1.42 bits per heavy atom.